The van der Waals surface area contributed by atoms with E-state index in [0.717, 1.165) is 4.83 Å². The Labute approximate surface area is 181 Å². The third-order valence-electron chi connectivity index (χ3n) is 4.49. The van der Waals surface area contributed by atoms with E-state index in [0.29, 0.717) is 47.8 Å². The van der Waals surface area contributed by atoms with Crippen LogP contribution < -0.4 is 15.0 Å². The standard InChI is InChI=1S/C22H18FN3O4S/c23-18-8-2-1-7-16(18)17-12-31-22-19(17)21(24-13-25-22)30-10-4-9-29-15-6-3-5-14(11-15)20(27)26-28/h1-3,5-8,11-13,28H,4,9-10H2,(H,26,27). The topological polar surface area (TPSA) is 93.6 Å². The summed E-state index contributed by atoms with van der Waals surface area (Å²) in [6, 6.07) is 13.0. The smallest absolute Gasteiger partial charge is 0.274 e. The molecule has 2 heterocycles. The fourth-order valence-corrected chi connectivity index (χ4v) is 3.94. The second-order valence-electron chi connectivity index (χ2n) is 6.51. The van der Waals surface area contributed by atoms with Crippen molar-refractivity contribution in [1.82, 2.24) is 15.4 Å². The molecule has 9 heteroatoms. The summed E-state index contributed by atoms with van der Waals surface area (Å²) in [5.74, 6) is -0.0261. The molecule has 4 rings (SSSR count). The molecule has 0 aliphatic heterocycles. The van der Waals surface area contributed by atoms with Gasteiger partial charge in [-0.3, -0.25) is 10.0 Å². The Morgan fingerprint density at radius 3 is 2.74 bits per heavy atom. The summed E-state index contributed by atoms with van der Waals surface area (Å²) >= 11 is 1.41. The Kier molecular flexibility index (Phi) is 6.34. The minimum absolute atomic E-state index is 0.290. The Morgan fingerprint density at radius 1 is 1.06 bits per heavy atom. The van der Waals surface area contributed by atoms with Crippen molar-refractivity contribution < 1.29 is 23.9 Å². The van der Waals surface area contributed by atoms with Crippen molar-refractivity contribution in [3.63, 3.8) is 0 Å². The predicted octanol–water partition coefficient (Wildman–Crippen LogP) is 4.46. The van der Waals surface area contributed by atoms with Crippen LogP contribution in [-0.4, -0.2) is 34.3 Å². The minimum atomic E-state index is -0.608. The van der Waals surface area contributed by atoms with Crippen molar-refractivity contribution in [1.29, 1.82) is 0 Å². The van der Waals surface area contributed by atoms with Gasteiger partial charge in [0.1, 0.15) is 22.7 Å². The molecule has 31 heavy (non-hydrogen) atoms. The molecule has 2 aromatic carbocycles. The zero-order valence-corrected chi connectivity index (χ0v) is 17.1. The van der Waals surface area contributed by atoms with E-state index >= 15 is 0 Å². The fraction of sp³-hybridized carbons (Fsp3) is 0.136. The summed E-state index contributed by atoms with van der Waals surface area (Å²) in [6.07, 6.45) is 1.98. The van der Waals surface area contributed by atoms with Crippen molar-refractivity contribution in [3.05, 3.63) is 71.6 Å². The van der Waals surface area contributed by atoms with Crippen molar-refractivity contribution in [2.24, 2.45) is 0 Å². The van der Waals surface area contributed by atoms with Gasteiger partial charge in [-0.2, -0.15) is 0 Å². The summed E-state index contributed by atoms with van der Waals surface area (Å²) in [6.45, 7) is 0.678. The lowest BCUT2D eigenvalue weighted by atomic mass is 10.1. The predicted molar refractivity (Wildman–Crippen MR) is 114 cm³/mol. The van der Waals surface area contributed by atoms with Crippen LogP contribution in [0.5, 0.6) is 11.6 Å². The number of halogens is 1. The number of fused-ring (bicyclic) bond motifs is 1. The Hall–Kier alpha value is -3.56. The number of carbonyl (C=O) groups excluding carboxylic acids is 1. The zero-order valence-electron chi connectivity index (χ0n) is 16.2. The molecule has 2 aromatic heterocycles. The van der Waals surface area contributed by atoms with Crippen LogP contribution in [0.4, 0.5) is 4.39 Å². The summed E-state index contributed by atoms with van der Waals surface area (Å²) in [4.78, 5) is 20.7. The third-order valence-corrected chi connectivity index (χ3v) is 5.38. The van der Waals surface area contributed by atoms with Gasteiger partial charge < -0.3 is 9.47 Å². The second-order valence-corrected chi connectivity index (χ2v) is 7.37. The van der Waals surface area contributed by atoms with Crippen molar-refractivity contribution in [3.8, 4) is 22.8 Å². The maximum absolute atomic E-state index is 14.3. The van der Waals surface area contributed by atoms with Gasteiger partial charge in [-0.1, -0.05) is 24.3 Å². The molecule has 7 nitrogen and oxygen atoms in total. The van der Waals surface area contributed by atoms with Crippen LogP contribution in [0.25, 0.3) is 21.3 Å². The number of hydrogen-bond acceptors (Lipinski definition) is 7. The molecule has 4 aromatic rings. The number of nitrogens with one attached hydrogen (secondary N) is 1. The van der Waals surface area contributed by atoms with E-state index in [1.165, 1.54) is 29.8 Å². The van der Waals surface area contributed by atoms with Gasteiger partial charge in [-0.15, -0.1) is 11.3 Å². The van der Waals surface area contributed by atoms with E-state index in [1.54, 1.807) is 41.9 Å². The van der Waals surface area contributed by atoms with Crippen LogP contribution in [0.1, 0.15) is 16.8 Å². The molecule has 0 saturated carbocycles. The van der Waals surface area contributed by atoms with Gasteiger partial charge in [0.15, 0.2) is 0 Å². The van der Waals surface area contributed by atoms with Gasteiger partial charge in [0.05, 0.1) is 18.6 Å². The molecular weight excluding hydrogens is 421 g/mol. The first kappa shape index (κ1) is 20.7. The molecule has 0 radical (unpaired) electrons. The zero-order chi connectivity index (χ0) is 21.6. The van der Waals surface area contributed by atoms with Gasteiger partial charge in [0.25, 0.3) is 5.91 Å². The number of benzene rings is 2. The molecule has 0 fully saturated rings. The quantitative estimate of drug-likeness (QED) is 0.239. The van der Waals surface area contributed by atoms with Crippen molar-refractivity contribution in [2.45, 2.75) is 6.42 Å². The minimum Gasteiger partial charge on any atom is -0.493 e. The molecule has 0 aliphatic carbocycles. The SMILES string of the molecule is O=C(NO)c1cccc(OCCCOc2ncnc3scc(-c4ccccc4F)c23)c1. The lowest BCUT2D eigenvalue weighted by molar-refractivity contribution is 0.0706. The number of hydroxylamine groups is 1. The summed E-state index contributed by atoms with van der Waals surface area (Å²) < 4.78 is 25.8. The molecule has 0 bridgehead atoms. The molecule has 2 N–H and O–H groups in total. The van der Waals surface area contributed by atoms with Crippen molar-refractivity contribution >= 4 is 27.5 Å². The van der Waals surface area contributed by atoms with E-state index < -0.39 is 5.91 Å². The van der Waals surface area contributed by atoms with E-state index in [2.05, 4.69) is 9.97 Å². The maximum atomic E-state index is 14.3. The number of amides is 1. The Balaban J connectivity index is 1.41. The molecule has 0 atom stereocenters. The van der Waals surface area contributed by atoms with Gasteiger partial charge in [0, 0.05) is 28.5 Å². The summed E-state index contributed by atoms with van der Waals surface area (Å²) in [5.41, 5.74) is 3.05. The van der Waals surface area contributed by atoms with E-state index in [-0.39, 0.29) is 11.4 Å². The first-order valence-electron chi connectivity index (χ1n) is 9.44. The third kappa shape index (κ3) is 4.62. The van der Waals surface area contributed by atoms with Gasteiger partial charge in [0.2, 0.25) is 5.88 Å². The average Bonchev–Trinajstić information content (AvgIpc) is 3.23. The first-order chi connectivity index (χ1) is 15.2. The van der Waals surface area contributed by atoms with Crippen LogP contribution >= 0.6 is 11.3 Å². The molecule has 0 unspecified atom stereocenters. The van der Waals surface area contributed by atoms with E-state index in [4.69, 9.17) is 14.7 Å². The number of aromatic nitrogens is 2. The number of nitrogens with zero attached hydrogens (tertiary/aromatic N) is 2. The number of ether oxygens (including phenoxy) is 2. The number of carbonyl (C=O) groups is 1. The molecule has 1 amide bonds. The molecule has 0 aliphatic rings. The molecule has 0 spiro atoms. The summed E-state index contributed by atoms with van der Waals surface area (Å²) in [5, 5.41) is 11.2. The highest BCUT2D eigenvalue weighted by molar-refractivity contribution is 7.17. The highest BCUT2D eigenvalue weighted by Gasteiger charge is 2.16. The Morgan fingerprint density at radius 2 is 1.90 bits per heavy atom. The average molecular weight is 439 g/mol. The number of rotatable bonds is 8. The first-order valence-corrected chi connectivity index (χ1v) is 10.3. The van der Waals surface area contributed by atoms with Crippen LogP contribution in [0.15, 0.2) is 60.2 Å². The van der Waals surface area contributed by atoms with E-state index in [1.807, 2.05) is 5.38 Å². The van der Waals surface area contributed by atoms with Gasteiger partial charge in [-0.25, -0.2) is 19.8 Å². The van der Waals surface area contributed by atoms with Crippen LogP contribution in [-0.2, 0) is 0 Å². The molecule has 0 saturated heterocycles. The normalized spacial score (nSPS) is 10.8. The van der Waals surface area contributed by atoms with Crippen molar-refractivity contribution in [2.75, 3.05) is 13.2 Å². The second kappa shape index (κ2) is 9.50. The highest BCUT2D eigenvalue weighted by Crippen LogP contribution is 2.38. The number of hydrogen-bond donors (Lipinski definition) is 2. The maximum Gasteiger partial charge on any atom is 0.274 e. The van der Waals surface area contributed by atoms with Crippen LogP contribution in [0.2, 0.25) is 0 Å². The van der Waals surface area contributed by atoms with Gasteiger partial charge in [-0.05, 0) is 24.3 Å². The fourth-order valence-electron chi connectivity index (χ4n) is 3.04. The molecule has 158 valence electrons. The molecular formula is C22H18FN3O4S. The monoisotopic (exact) mass is 439 g/mol. The van der Waals surface area contributed by atoms with Crippen LogP contribution in [0.3, 0.4) is 0 Å². The largest absolute Gasteiger partial charge is 0.493 e. The van der Waals surface area contributed by atoms with E-state index in [9.17, 15) is 9.18 Å². The Bertz CT molecular complexity index is 1210. The highest BCUT2D eigenvalue weighted by atomic mass is 32.1. The lowest BCUT2D eigenvalue weighted by Crippen LogP contribution is -2.18. The summed E-state index contributed by atoms with van der Waals surface area (Å²) in [7, 11) is 0. The number of thiophene rings is 1. The van der Waals surface area contributed by atoms with Gasteiger partial charge >= 0.3 is 0 Å². The lowest BCUT2D eigenvalue weighted by Gasteiger charge is -2.10. The van der Waals surface area contributed by atoms with Crippen LogP contribution in [0, 0.1) is 5.82 Å².